The van der Waals surface area contributed by atoms with Gasteiger partial charge < -0.3 is 10.5 Å². The first kappa shape index (κ1) is 13.7. The molecule has 6 heteroatoms. The number of fused-ring (bicyclic) bond motifs is 1. The minimum Gasteiger partial charge on any atom is -0.493 e. The maximum absolute atomic E-state index is 5.75. The maximum atomic E-state index is 5.75. The molecule has 4 nitrogen and oxygen atoms in total. The van der Waals surface area contributed by atoms with Gasteiger partial charge in [-0.05, 0) is 24.6 Å². The number of rotatable bonds is 3. The van der Waals surface area contributed by atoms with E-state index in [1.165, 1.54) is 11.1 Å². The molecule has 2 heterocycles. The van der Waals surface area contributed by atoms with Crippen molar-refractivity contribution in [2.75, 3.05) is 12.3 Å². The fourth-order valence-corrected chi connectivity index (χ4v) is 3.66. The van der Waals surface area contributed by atoms with Crippen molar-refractivity contribution in [3.05, 3.63) is 39.5 Å². The molecule has 0 aliphatic carbocycles. The van der Waals surface area contributed by atoms with Gasteiger partial charge >= 0.3 is 0 Å². The highest BCUT2D eigenvalue weighted by Gasteiger charge is 2.17. The summed E-state index contributed by atoms with van der Waals surface area (Å²) in [7, 11) is 0. The van der Waals surface area contributed by atoms with Crippen LogP contribution in [-0.2, 0) is 12.2 Å². The number of halogens is 1. The van der Waals surface area contributed by atoms with E-state index in [9.17, 15) is 0 Å². The van der Waals surface area contributed by atoms with Crippen molar-refractivity contribution in [2.45, 2.75) is 24.3 Å². The van der Waals surface area contributed by atoms with E-state index >= 15 is 0 Å². The average Bonchev–Trinajstić information content (AvgIpc) is 2.82. The SMILES string of the molecule is Cc1cc(N)nc(SCc2cc(Br)cc3c2OCC3)n1. The van der Waals surface area contributed by atoms with Crippen LogP contribution in [0.1, 0.15) is 16.8 Å². The Morgan fingerprint density at radius 2 is 2.20 bits per heavy atom. The Kier molecular flexibility index (Phi) is 3.85. The van der Waals surface area contributed by atoms with Crippen molar-refractivity contribution in [3.8, 4) is 5.75 Å². The van der Waals surface area contributed by atoms with Crippen LogP contribution in [0.3, 0.4) is 0 Å². The normalized spacial score (nSPS) is 13.1. The minimum atomic E-state index is 0.510. The molecular formula is C14H14BrN3OS. The molecule has 1 aromatic carbocycles. The van der Waals surface area contributed by atoms with E-state index in [1.54, 1.807) is 17.8 Å². The molecule has 1 aromatic heterocycles. The number of hydrogen-bond acceptors (Lipinski definition) is 5. The van der Waals surface area contributed by atoms with Gasteiger partial charge in [0.1, 0.15) is 11.6 Å². The van der Waals surface area contributed by atoms with Gasteiger partial charge in [-0.3, -0.25) is 0 Å². The van der Waals surface area contributed by atoms with E-state index in [4.69, 9.17) is 10.5 Å². The number of ether oxygens (including phenoxy) is 1. The number of nitrogens with zero attached hydrogens (tertiary/aromatic N) is 2. The lowest BCUT2D eigenvalue weighted by Gasteiger charge is -2.09. The zero-order chi connectivity index (χ0) is 14.1. The molecule has 0 saturated heterocycles. The summed E-state index contributed by atoms with van der Waals surface area (Å²) in [6, 6.07) is 5.98. The van der Waals surface area contributed by atoms with Crippen LogP contribution in [0.25, 0.3) is 0 Å². The van der Waals surface area contributed by atoms with Gasteiger partial charge in [0.15, 0.2) is 5.16 Å². The number of anilines is 1. The van der Waals surface area contributed by atoms with Crippen molar-refractivity contribution in [1.29, 1.82) is 0 Å². The highest BCUT2D eigenvalue weighted by atomic mass is 79.9. The Bertz CT molecular complexity index is 643. The standard InChI is InChI=1S/C14H14BrN3OS/c1-8-4-12(16)18-14(17-8)20-7-10-6-11(15)5-9-2-3-19-13(9)10/h4-6H,2-3,7H2,1H3,(H2,16,17,18). The second-order valence-electron chi connectivity index (χ2n) is 4.66. The molecule has 3 rings (SSSR count). The first-order valence-corrected chi connectivity index (χ1v) is 8.08. The molecule has 2 N–H and O–H groups in total. The number of nitrogens with two attached hydrogens (primary N) is 1. The Hall–Kier alpha value is -1.27. The van der Waals surface area contributed by atoms with Gasteiger partial charge in [-0.1, -0.05) is 27.7 Å². The number of nitrogen functional groups attached to an aromatic ring is 1. The lowest BCUT2D eigenvalue weighted by atomic mass is 10.1. The highest BCUT2D eigenvalue weighted by molar-refractivity contribution is 9.10. The highest BCUT2D eigenvalue weighted by Crippen LogP contribution is 2.36. The Morgan fingerprint density at radius 3 is 3.00 bits per heavy atom. The van der Waals surface area contributed by atoms with Gasteiger partial charge in [0, 0.05) is 34.0 Å². The van der Waals surface area contributed by atoms with Crippen LogP contribution in [-0.4, -0.2) is 16.6 Å². The third-order valence-corrected chi connectivity index (χ3v) is 4.39. The lowest BCUT2D eigenvalue weighted by molar-refractivity contribution is 0.354. The molecule has 20 heavy (non-hydrogen) atoms. The average molecular weight is 352 g/mol. The van der Waals surface area contributed by atoms with Crippen molar-refractivity contribution in [2.24, 2.45) is 0 Å². The summed E-state index contributed by atoms with van der Waals surface area (Å²) in [6.45, 7) is 2.68. The summed E-state index contributed by atoms with van der Waals surface area (Å²) in [4.78, 5) is 8.63. The van der Waals surface area contributed by atoms with Crippen molar-refractivity contribution in [3.63, 3.8) is 0 Å². The summed E-state index contributed by atoms with van der Waals surface area (Å²) >= 11 is 5.12. The summed E-state index contributed by atoms with van der Waals surface area (Å²) in [6.07, 6.45) is 0.973. The zero-order valence-electron chi connectivity index (χ0n) is 11.0. The third kappa shape index (κ3) is 2.91. The van der Waals surface area contributed by atoms with Crippen LogP contribution < -0.4 is 10.5 Å². The van der Waals surface area contributed by atoms with Crippen molar-refractivity contribution >= 4 is 33.5 Å². The first-order chi connectivity index (χ1) is 9.61. The van der Waals surface area contributed by atoms with Gasteiger partial charge in [-0.15, -0.1) is 0 Å². The number of hydrogen-bond donors (Lipinski definition) is 1. The molecule has 0 saturated carbocycles. The van der Waals surface area contributed by atoms with Crippen LogP contribution in [0.5, 0.6) is 5.75 Å². The second kappa shape index (κ2) is 5.61. The van der Waals surface area contributed by atoms with E-state index in [1.807, 2.05) is 6.92 Å². The molecule has 1 aliphatic heterocycles. The molecule has 0 unspecified atom stereocenters. The number of aryl methyl sites for hydroxylation is 1. The topological polar surface area (TPSA) is 61.0 Å². The molecular weight excluding hydrogens is 338 g/mol. The predicted molar refractivity (Wildman–Crippen MR) is 84.1 cm³/mol. The Balaban J connectivity index is 1.82. The Morgan fingerprint density at radius 1 is 1.35 bits per heavy atom. The van der Waals surface area contributed by atoms with Crippen molar-refractivity contribution < 1.29 is 4.74 Å². The van der Waals surface area contributed by atoms with Crippen LogP contribution in [0.4, 0.5) is 5.82 Å². The fraction of sp³-hybridized carbons (Fsp3) is 0.286. The number of benzene rings is 1. The maximum Gasteiger partial charge on any atom is 0.190 e. The summed E-state index contributed by atoms with van der Waals surface area (Å²) < 4.78 is 6.81. The van der Waals surface area contributed by atoms with E-state index in [-0.39, 0.29) is 0 Å². The molecule has 0 radical (unpaired) electrons. The molecule has 0 bridgehead atoms. The van der Waals surface area contributed by atoms with Crippen LogP contribution >= 0.6 is 27.7 Å². The first-order valence-electron chi connectivity index (χ1n) is 6.30. The second-order valence-corrected chi connectivity index (χ2v) is 6.52. The van der Waals surface area contributed by atoms with Crippen LogP contribution in [0, 0.1) is 6.92 Å². The predicted octanol–water partition coefficient (Wildman–Crippen LogP) is 3.36. The molecule has 0 amide bonds. The van der Waals surface area contributed by atoms with Gasteiger partial charge in [-0.25, -0.2) is 9.97 Å². The number of aromatic nitrogens is 2. The largest absolute Gasteiger partial charge is 0.493 e. The monoisotopic (exact) mass is 351 g/mol. The minimum absolute atomic E-state index is 0.510. The quantitative estimate of drug-likeness (QED) is 0.678. The van der Waals surface area contributed by atoms with E-state index in [0.29, 0.717) is 11.0 Å². The lowest BCUT2D eigenvalue weighted by Crippen LogP contribution is -1.97. The number of thioether (sulfide) groups is 1. The molecule has 0 fully saturated rings. The van der Waals surface area contributed by atoms with Crippen LogP contribution in [0.15, 0.2) is 27.8 Å². The molecule has 0 atom stereocenters. The van der Waals surface area contributed by atoms with E-state index in [0.717, 1.165) is 34.7 Å². The fourth-order valence-electron chi connectivity index (χ4n) is 2.22. The van der Waals surface area contributed by atoms with E-state index < -0.39 is 0 Å². The van der Waals surface area contributed by atoms with Gasteiger partial charge in [-0.2, -0.15) is 0 Å². The summed E-state index contributed by atoms with van der Waals surface area (Å²) in [5, 5.41) is 0.703. The van der Waals surface area contributed by atoms with Gasteiger partial charge in [0.25, 0.3) is 0 Å². The summed E-state index contributed by atoms with van der Waals surface area (Å²) in [5.74, 6) is 2.29. The third-order valence-electron chi connectivity index (χ3n) is 3.04. The van der Waals surface area contributed by atoms with E-state index in [2.05, 4.69) is 38.0 Å². The molecule has 0 spiro atoms. The van der Waals surface area contributed by atoms with Gasteiger partial charge in [0.05, 0.1) is 6.61 Å². The molecule has 104 valence electrons. The molecule has 1 aliphatic rings. The smallest absolute Gasteiger partial charge is 0.190 e. The molecule has 2 aromatic rings. The summed E-state index contributed by atoms with van der Waals surface area (Å²) in [5.41, 5.74) is 9.06. The van der Waals surface area contributed by atoms with Crippen LogP contribution in [0.2, 0.25) is 0 Å². The van der Waals surface area contributed by atoms with Crippen molar-refractivity contribution in [1.82, 2.24) is 9.97 Å². The Labute approximate surface area is 130 Å². The van der Waals surface area contributed by atoms with Gasteiger partial charge in [0.2, 0.25) is 0 Å². The zero-order valence-corrected chi connectivity index (χ0v) is 13.4.